The van der Waals surface area contributed by atoms with Crippen molar-refractivity contribution in [3.8, 4) is 11.1 Å². The van der Waals surface area contributed by atoms with Crippen molar-refractivity contribution in [2.24, 2.45) is 11.8 Å². The van der Waals surface area contributed by atoms with Gasteiger partial charge in [0, 0.05) is 19.0 Å². The lowest BCUT2D eigenvalue weighted by molar-refractivity contribution is -0.188. The highest BCUT2D eigenvalue weighted by molar-refractivity contribution is 5.79. The van der Waals surface area contributed by atoms with Gasteiger partial charge in [-0.1, -0.05) is 48.5 Å². The summed E-state index contributed by atoms with van der Waals surface area (Å²) in [4.78, 5) is 24.4. The fraction of sp³-hybridized carbons (Fsp3) is 0.333. The highest BCUT2D eigenvalue weighted by Crippen LogP contribution is 2.44. The normalized spacial score (nSPS) is 21.0. The molecule has 1 heterocycles. The SMILES string of the molecule is O=C(O)[C@@H]1CN(C(=O)OCC2c3ccccc3-c3ccccc32)C[C@H]1C(F)(F)F. The van der Waals surface area contributed by atoms with Gasteiger partial charge in [0.15, 0.2) is 0 Å². The van der Waals surface area contributed by atoms with Crippen LogP contribution in [0.3, 0.4) is 0 Å². The Labute approximate surface area is 164 Å². The molecule has 0 radical (unpaired) electrons. The van der Waals surface area contributed by atoms with Crippen LogP contribution in [0.4, 0.5) is 18.0 Å². The van der Waals surface area contributed by atoms with Crippen LogP contribution < -0.4 is 0 Å². The van der Waals surface area contributed by atoms with Crippen LogP contribution in [0.2, 0.25) is 0 Å². The molecule has 1 amide bonds. The number of benzene rings is 2. The molecule has 2 atom stereocenters. The van der Waals surface area contributed by atoms with Crippen molar-refractivity contribution in [1.82, 2.24) is 4.90 Å². The molecule has 0 unspecified atom stereocenters. The van der Waals surface area contributed by atoms with Crippen LogP contribution in [-0.4, -0.2) is 47.9 Å². The maximum Gasteiger partial charge on any atom is 0.409 e. The van der Waals surface area contributed by atoms with Gasteiger partial charge in [0.2, 0.25) is 0 Å². The van der Waals surface area contributed by atoms with E-state index in [0.717, 1.165) is 27.2 Å². The average Bonchev–Trinajstić information content (AvgIpc) is 3.27. The van der Waals surface area contributed by atoms with Gasteiger partial charge in [0.25, 0.3) is 0 Å². The van der Waals surface area contributed by atoms with E-state index in [1.54, 1.807) is 0 Å². The Kier molecular flexibility index (Phi) is 4.72. The Morgan fingerprint density at radius 3 is 2.03 bits per heavy atom. The van der Waals surface area contributed by atoms with E-state index in [-0.39, 0.29) is 12.5 Å². The Bertz CT molecular complexity index is 913. The van der Waals surface area contributed by atoms with Crippen LogP contribution in [0.5, 0.6) is 0 Å². The van der Waals surface area contributed by atoms with E-state index in [1.807, 2.05) is 48.5 Å². The second kappa shape index (κ2) is 7.09. The van der Waals surface area contributed by atoms with Gasteiger partial charge >= 0.3 is 18.2 Å². The van der Waals surface area contributed by atoms with Crippen molar-refractivity contribution in [1.29, 1.82) is 0 Å². The van der Waals surface area contributed by atoms with E-state index in [1.165, 1.54) is 0 Å². The number of amides is 1. The summed E-state index contributed by atoms with van der Waals surface area (Å²) >= 11 is 0. The van der Waals surface area contributed by atoms with E-state index in [2.05, 4.69) is 0 Å². The van der Waals surface area contributed by atoms with E-state index in [9.17, 15) is 22.8 Å². The first-order chi connectivity index (χ1) is 13.8. The molecular formula is C21H18F3NO4. The number of hydrogen-bond donors (Lipinski definition) is 1. The predicted octanol–water partition coefficient (Wildman–Crippen LogP) is 4.13. The minimum Gasteiger partial charge on any atom is -0.481 e. The summed E-state index contributed by atoms with van der Waals surface area (Å²) in [6.45, 7) is -1.26. The van der Waals surface area contributed by atoms with E-state index >= 15 is 0 Å². The minimum absolute atomic E-state index is 0.0300. The second-order valence-electron chi connectivity index (χ2n) is 7.30. The van der Waals surface area contributed by atoms with Gasteiger partial charge in [-0.3, -0.25) is 4.79 Å². The van der Waals surface area contributed by atoms with Gasteiger partial charge in [-0.15, -0.1) is 0 Å². The number of ether oxygens (including phenoxy) is 1. The summed E-state index contributed by atoms with van der Waals surface area (Å²) < 4.78 is 44.7. The minimum atomic E-state index is -4.69. The predicted molar refractivity (Wildman–Crippen MR) is 97.3 cm³/mol. The molecular weight excluding hydrogens is 387 g/mol. The first-order valence-corrected chi connectivity index (χ1v) is 9.17. The zero-order valence-electron chi connectivity index (χ0n) is 15.2. The number of likely N-dealkylation sites (tertiary alicyclic amines) is 1. The molecule has 2 aliphatic rings. The van der Waals surface area contributed by atoms with Crippen LogP contribution >= 0.6 is 0 Å². The number of carbonyl (C=O) groups is 2. The van der Waals surface area contributed by atoms with Gasteiger partial charge in [-0.2, -0.15) is 13.2 Å². The fourth-order valence-electron chi connectivity index (χ4n) is 4.22. The number of hydrogen-bond acceptors (Lipinski definition) is 3. The maximum absolute atomic E-state index is 13.1. The van der Waals surface area contributed by atoms with Crippen molar-refractivity contribution >= 4 is 12.1 Å². The molecule has 1 saturated heterocycles. The molecule has 2 aromatic carbocycles. The number of alkyl halides is 3. The zero-order valence-corrected chi connectivity index (χ0v) is 15.2. The lowest BCUT2D eigenvalue weighted by Crippen LogP contribution is -2.34. The number of aliphatic carboxylic acids is 1. The summed E-state index contributed by atoms with van der Waals surface area (Å²) in [6, 6.07) is 15.4. The monoisotopic (exact) mass is 405 g/mol. The molecule has 1 fully saturated rings. The molecule has 29 heavy (non-hydrogen) atoms. The Balaban J connectivity index is 1.49. The van der Waals surface area contributed by atoms with Crippen molar-refractivity contribution < 1.29 is 32.6 Å². The van der Waals surface area contributed by atoms with Crippen LogP contribution in [-0.2, 0) is 9.53 Å². The molecule has 8 heteroatoms. The molecule has 1 aliphatic carbocycles. The topological polar surface area (TPSA) is 66.8 Å². The number of nitrogens with zero attached hydrogens (tertiary/aromatic N) is 1. The zero-order chi connectivity index (χ0) is 20.8. The standard InChI is InChI=1S/C21H18F3NO4/c22-21(23,24)18-10-25(9-16(18)19(26)27)20(28)29-11-17-14-7-3-1-5-12(14)13-6-2-4-8-15(13)17/h1-8,16-18H,9-11H2,(H,26,27)/t16-,18-/m1/s1. The molecule has 1 aliphatic heterocycles. The van der Waals surface area contributed by atoms with Gasteiger partial charge < -0.3 is 14.7 Å². The van der Waals surface area contributed by atoms with Crippen LogP contribution in [0.25, 0.3) is 11.1 Å². The third kappa shape index (κ3) is 3.43. The smallest absolute Gasteiger partial charge is 0.409 e. The fourth-order valence-corrected chi connectivity index (χ4v) is 4.22. The van der Waals surface area contributed by atoms with Crippen molar-refractivity contribution in [2.75, 3.05) is 19.7 Å². The van der Waals surface area contributed by atoms with Crippen molar-refractivity contribution in [2.45, 2.75) is 12.1 Å². The van der Waals surface area contributed by atoms with E-state index in [4.69, 9.17) is 9.84 Å². The van der Waals surface area contributed by atoms with E-state index in [0.29, 0.717) is 0 Å². The molecule has 4 rings (SSSR count). The summed E-state index contributed by atoms with van der Waals surface area (Å²) in [5.74, 6) is -5.57. The molecule has 0 saturated carbocycles. The molecule has 0 aromatic heterocycles. The number of carboxylic acid groups (broad SMARTS) is 1. The number of fused-ring (bicyclic) bond motifs is 3. The summed E-state index contributed by atoms with van der Waals surface area (Å²) in [7, 11) is 0. The Morgan fingerprint density at radius 1 is 1.00 bits per heavy atom. The number of rotatable bonds is 3. The van der Waals surface area contributed by atoms with Gasteiger partial charge in [0.1, 0.15) is 6.61 Å². The quantitative estimate of drug-likeness (QED) is 0.834. The third-order valence-electron chi connectivity index (χ3n) is 5.65. The van der Waals surface area contributed by atoms with Crippen molar-refractivity contribution in [3.63, 3.8) is 0 Å². The maximum atomic E-state index is 13.1. The van der Waals surface area contributed by atoms with Crippen molar-refractivity contribution in [3.05, 3.63) is 59.7 Å². The first kappa shape index (κ1) is 19.3. The highest BCUT2D eigenvalue weighted by atomic mass is 19.4. The lowest BCUT2D eigenvalue weighted by Gasteiger charge is -2.20. The molecule has 152 valence electrons. The summed E-state index contributed by atoms with van der Waals surface area (Å²) in [5.41, 5.74) is 4.04. The molecule has 0 bridgehead atoms. The third-order valence-corrected chi connectivity index (χ3v) is 5.65. The molecule has 2 aromatic rings. The number of carbonyl (C=O) groups excluding carboxylic acids is 1. The molecule has 5 nitrogen and oxygen atoms in total. The Morgan fingerprint density at radius 2 is 1.55 bits per heavy atom. The van der Waals surface area contributed by atoms with E-state index < -0.39 is 43.2 Å². The summed E-state index contributed by atoms with van der Waals surface area (Å²) in [6.07, 6.45) is -5.62. The molecule has 1 N–H and O–H groups in total. The summed E-state index contributed by atoms with van der Waals surface area (Å²) in [5, 5.41) is 9.09. The van der Waals surface area contributed by atoms with Crippen LogP contribution in [0.1, 0.15) is 17.0 Å². The first-order valence-electron chi connectivity index (χ1n) is 9.17. The number of carboxylic acids is 1. The molecule has 0 spiro atoms. The van der Waals surface area contributed by atoms with Crippen LogP contribution in [0.15, 0.2) is 48.5 Å². The lowest BCUT2D eigenvalue weighted by atomic mass is 9.96. The largest absolute Gasteiger partial charge is 0.481 e. The Hall–Kier alpha value is -3.03. The van der Waals surface area contributed by atoms with Gasteiger partial charge in [0.05, 0.1) is 11.8 Å². The highest BCUT2D eigenvalue weighted by Gasteiger charge is 2.54. The van der Waals surface area contributed by atoms with Gasteiger partial charge in [-0.05, 0) is 22.3 Å². The second-order valence-corrected chi connectivity index (χ2v) is 7.30. The van der Waals surface area contributed by atoms with Crippen LogP contribution in [0, 0.1) is 11.8 Å². The number of halogens is 3. The van der Waals surface area contributed by atoms with Gasteiger partial charge in [-0.25, -0.2) is 4.79 Å². The average molecular weight is 405 g/mol.